The molecule has 0 aliphatic carbocycles. The molecule has 1 saturated heterocycles. The number of aryl methyl sites for hydroxylation is 1. The fourth-order valence-corrected chi connectivity index (χ4v) is 2.62. The van der Waals surface area contributed by atoms with Crippen LogP contribution in [0.15, 0.2) is 24.3 Å². The van der Waals surface area contributed by atoms with Gasteiger partial charge in [-0.3, -0.25) is 4.79 Å². The van der Waals surface area contributed by atoms with E-state index in [4.69, 9.17) is 4.74 Å². The van der Waals surface area contributed by atoms with Crippen LogP contribution in [0.3, 0.4) is 0 Å². The van der Waals surface area contributed by atoms with Crippen LogP contribution in [0.2, 0.25) is 0 Å². The highest BCUT2D eigenvalue weighted by molar-refractivity contribution is 5.76. The summed E-state index contributed by atoms with van der Waals surface area (Å²) < 4.78 is 5.65. The summed E-state index contributed by atoms with van der Waals surface area (Å²) in [5.41, 5.74) is 1.23. The van der Waals surface area contributed by atoms with Crippen molar-refractivity contribution in [2.45, 2.75) is 39.5 Å². The summed E-state index contributed by atoms with van der Waals surface area (Å²) in [5.74, 6) is 1.82. The van der Waals surface area contributed by atoms with Crippen molar-refractivity contribution in [3.63, 3.8) is 0 Å². The Labute approximate surface area is 121 Å². The van der Waals surface area contributed by atoms with Crippen LogP contribution in [0.4, 0.5) is 0 Å². The number of hydrogen-bond donors (Lipinski definition) is 0. The summed E-state index contributed by atoms with van der Waals surface area (Å²) in [6, 6.07) is 8.03. The highest BCUT2D eigenvalue weighted by Crippen LogP contribution is 2.17. The zero-order chi connectivity index (χ0) is 14.4. The lowest BCUT2D eigenvalue weighted by Gasteiger charge is -2.31. The molecule has 1 fully saturated rings. The first-order valence-corrected chi connectivity index (χ1v) is 7.62. The molecular weight excluding hydrogens is 250 g/mol. The molecule has 0 radical (unpaired) electrons. The van der Waals surface area contributed by atoms with Gasteiger partial charge < -0.3 is 9.64 Å². The second-order valence-corrected chi connectivity index (χ2v) is 5.85. The molecule has 1 atom stereocenters. The Bertz CT molecular complexity index is 427. The number of piperidine rings is 1. The van der Waals surface area contributed by atoms with Gasteiger partial charge in [0.1, 0.15) is 5.75 Å². The molecule has 1 aromatic rings. The average Bonchev–Trinajstić information content (AvgIpc) is 2.45. The molecule has 1 aliphatic heterocycles. The normalized spacial score (nSPS) is 18.9. The Morgan fingerprint density at radius 3 is 2.80 bits per heavy atom. The molecule has 20 heavy (non-hydrogen) atoms. The number of ether oxygens (including phenoxy) is 1. The standard InChI is InChI=1S/C17H25NO2/c1-14-7-9-16(10-8-14)20-12-4-6-17(19)18-11-3-5-15(2)13-18/h7-10,15H,3-6,11-13H2,1-2H3/t15-/m1/s1. The molecule has 0 spiro atoms. The third-order valence-electron chi connectivity index (χ3n) is 3.83. The molecular formula is C17H25NO2. The second-order valence-electron chi connectivity index (χ2n) is 5.85. The van der Waals surface area contributed by atoms with Crippen LogP contribution in [0.1, 0.15) is 38.2 Å². The van der Waals surface area contributed by atoms with Crippen LogP contribution < -0.4 is 4.74 Å². The zero-order valence-electron chi connectivity index (χ0n) is 12.6. The van der Waals surface area contributed by atoms with Crippen molar-refractivity contribution in [3.05, 3.63) is 29.8 Å². The molecule has 1 heterocycles. The fourth-order valence-electron chi connectivity index (χ4n) is 2.62. The van der Waals surface area contributed by atoms with Crippen LogP contribution in [0, 0.1) is 12.8 Å². The molecule has 3 heteroatoms. The van der Waals surface area contributed by atoms with Crippen molar-refractivity contribution in [1.29, 1.82) is 0 Å². The van der Waals surface area contributed by atoms with E-state index in [1.807, 2.05) is 29.2 Å². The Morgan fingerprint density at radius 2 is 2.10 bits per heavy atom. The SMILES string of the molecule is Cc1ccc(OCCCC(=O)N2CCC[C@@H](C)C2)cc1. The molecule has 0 N–H and O–H groups in total. The Balaban J connectivity index is 1.65. The fraction of sp³-hybridized carbons (Fsp3) is 0.588. The lowest BCUT2D eigenvalue weighted by atomic mass is 10.00. The van der Waals surface area contributed by atoms with Gasteiger partial charge in [0.2, 0.25) is 5.91 Å². The Hall–Kier alpha value is -1.51. The van der Waals surface area contributed by atoms with Crippen molar-refractivity contribution in [3.8, 4) is 5.75 Å². The monoisotopic (exact) mass is 275 g/mol. The van der Waals surface area contributed by atoms with Gasteiger partial charge in [-0.1, -0.05) is 24.6 Å². The Kier molecular flexibility index (Phi) is 5.45. The van der Waals surface area contributed by atoms with Crippen LogP contribution in [-0.2, 0) is 4.79 Å². The van der Waals surface area contributed by atoms with E-state index in [2.05, 4.69) is 13.8 Å². The van der Waals surface area contributed by atoms with E-state index in [9.17, 15) is 4.79 Å². The van der Waals surface area contributed by atoms with Crippen molar-refractivity contribution in [1.82, 2.24) is 4.90 Å². The number of amides is 1. The van der Waals surface area contributed by atoms with Gasteiger partial charge in [0, 0.05) is 19.5 Å². The minimum Gasteiger partial charge on any atom is -0.494 e. The third kappa shape index (κ3) is 4.55. The quantitative estimate of drug-likeness (QED) is 0.771. The van der Waals surface area contributed by atoms with Gasteiger partial charge >= 0.3 is 0 Å². The largest absolute Gasteiger partial charge is 0.494 e. The van der Waals surface area contributed by atoms with Gasteiger partial charge in [-0.25, -0.2) is 0 Å². The third-order valence-corrected chi connectivity index (χ3v) is 3.83. The maximum Gasteiger partial charge on any atom is 0.222 e. The van der Waals surface area contributed by atoms with E-state index in [-0.39, 0.29) is 5.91 Å². The molecule has 2 rings (SSSR count). The topological polar surface area (TPSA) is 29.5 Å². The maximum absolute atomic E-state index is 12.1. The van der Waals surface area contributed by atoms with Crippen molar-refractivity contribution in [2.24, 2.45) is 5.92 Å². The predicted molar refractivity (Wildman–Crippen MR) is 80.9 cm³/mol. The van der Waals surface area contributed by atoms with Gasteiger partial charge in [0.15, 0.2) is 0 Å². The molecule has 0 bridgehead atoms. The molecule has 1 aliphatic rings. The van der Waals surface area contributed by atoms with Gasteiger partial charge in [-0.2, -0.15) is 0 Å². The van der Waals surface area contributed by atoms with E-state index >= 15 is 0 Å². The van der Waals surface area contributed by atoms with Gasteiger partial charge in [0.05, 0.1) is 6.61 Å². The summed E-state index contributed by atoms with van der Waals surface area (Å²) in [6.07, 6.45) is 3.78. The highest BCUT2D eigenvalue weighted by Gasteiger charge is 2.20. The van der Waals surface area contributed by atoms with E-state index in [0.717, 1.165) is 31.7 Å². The molecule has 0 unspecified atom stereocenters. The summed E-state index contributed by atoms with van der Waals surface area (Å²) in [6.45, 7) is 6.75. The van der Waals surface area contributed by atoms with Crippen molar-refractivity contribution in [2.75, 3.05) is 19.7 Å². The average molecular weight is 275 g/mol. The van der Waals surface area contributed by atoms with E-state index in [1.165, 1.54) is 12.0 Å². The molecule has 1 amide bonds. The molecule has 1 aromatic carbocycles. The number of nitrogens with zero attached hydrogens (tertiary/aromatic N) is 1. The van der Waals surface area contributed by atoms with Crippen molar-refractivity contribution >= 4 is 5.91 Å². The van der Waals surface area contributed by atoms with Crippen LogP contribution in [-0.4, -0.2) is 30.5 Å². The Morgan fingerprint density at radius 1 is 1.35 bits per heavy atom. The highest BCUT2D eigenvalue weighted by atomic mass is 16.5. The van der Waals surface area contributed by atoms with Crippen LogP contribution in [0.5, 0.6) is 5.75 Å². The van der Waals surface area contributed by atoms with Crippen LogP contribution in [0.25, 0.3) is 0 Å². The van der Waals surface area contributed by atoms with E-state index in [0.29, 0.717) is 18.9 Å². The zero-order valence-corrected chi connectivity index (χ0v) is 12.6. The molecule has 0 aromatic heterocycles. The predicted octanol–water partition coefficient (Wildman–Crippen LogP) is 3.41. The minimum atomic E-state index is 0.282. The number of benzene rings is 1. The first-order chi connectivity index (χ1) is 9.65. The summed E-state index contributed by atoms with van der Waals surface area (Å²) in [5, 5.41) is 0. The van der Waals surface area contributed by atoms with Gasteiger partial charge in [-0.05, 0) is 44.2 Å². The summed E-state index contributed by atoms with van der Waals surface area (Å²) in [4.78, 5) is 14.1. The maximum atomic E-state index is 12.1. The lowest BCUT2D eigenvalue weighted by Crippen LogP contribution is -2.39. The summed E-state index contributed by atoms with van der Waals surface area (Å²) in [7, 11) is 0. The number of likely N-dealkylation sites (tertiary alicyclic amines) is 1. The van der Waals surface area contributed by atoms with E-state index in [1.54, 1.807) is 0 Å². The van der Waals surface area contributed by atoms with Crippen molar-refractivity contribution < 1.29 is 9.53 Å². The second kappa shape index (κ2) is 7.32. The smallest absolute Gasteiger partial charge is 0.222 e. The van der Waals surface area contributed by atoms with Gasteiger partial charge in [-0.15, -0.1) is 0 Å². The first kappa shape index (κ1) is 14.9. The van der Waals surface area contributed by atoms with Gasteiger partial charge in [0.25, 0.3) is 0 Å². The minimum absolute atomic E-state index is 0.282. The first-order valence-electron chi connectivity index (χ1n) is 7.62. The lowest BCUT2D eigenvalue weighted by molar-refractivity contribution is -0.133. The molecule has 3 nitrogen and oxygen atoms in total. The van der Waals surface area contributed by atoms with E-state index < -0.39 is 0 Å². The molecule has 0 saturated carbocycles. The molecule has 110 valence electrons. The summed E-state index contributed by atoms with van der Waals surface area (Å²) >= 11 is 0. The number of hydrogen-bond acceptors (Lipinski definition) is 2. The number of carbonyl (C=O) groups excluding carboxylic acids is 1. The number of carbonyl (C=O) groups is 1. The van der Waals surface area contributed by atoms with Crippen LogP contribution >= 0.6 is 0 Å². The number of rotatable bonds is 5.